The van der Waals surface area contributed by atoms with E-state index in [0.717, 1.165) is 5.39 Å². The molecule has 0 saturated heterocycles. The van der Waals surface area contributed by atoms with Crippen molar-refractivity contribution in [3.05, 3.63) is 59.6 Å². The summed E-state index contributed by atoms with van der Waals surface area (Å²) in [6.45, 7) is 0. The van der Waals surface area contributed by atoms with Crippen LogP contribution in [-0.2, 0) is 18.3 Å². The van der Waals surface area contributed by atoms with Crippen molar-refractivity contribution in [2.24, 2.45) is 7.05 Å². The second kappa shape index (κ2) is 6.64. The second-order valence-corrected chi connectivity index (χ2v) is 6.60. The van der Waals surface area contributed by atoms with Crippen molar-refractivity contribution in [3.63, 3.8) is 0 Å². The van der Waals surface area contributed by atoms with E-state index in [9.17, 15) is 9.18 Å². The number of fused-ring (bicyclic) bond motifs is 1. The number of amides is 1. The third kappa shape index (κ3) is 3.18. The van der Waals surface area contributed by atoms with E-state index in [1.54, 1.807) is 42.3 Å². The van der Waals surface area contributed by atoms with Crippen LogP contribution in [0.5, 0.6) is 0 Å². The van der Waals surface area contributed by atoms with Crippen molar-refractivity contribution in [1.29, 1.82) is 0 Å². The van der Waals surface area contributed by atoms with E-state index in [0.29, 0.717) is 27.6 Å². The summed E-state index contributed by atoms with van der Waals surface area (Å²) >= 11 is 1.38. The van der Waals surface area contributed by atoms with E-state index in [1.165, 1.54) is 23.5 Å². The van der Waals surface area contributed by atoms with Crippen LogP contribution in [0.4, 0.5) is 10.1 Å². The standard InChI is InChI=1S/C18H14FN5OS/c1-24-17-14(9-21-24)15(5-6-20-17)23-16(25)8-13-10-26-18(22-13)11-3-2-4-12(19)7-11/h2-7,9-10H,8H2,1H3,(H,20,23,25). The zero-order valence-electron chi connectivity index (χ0n) is 13.8. The number of benzene rings is 1. The molecule has 6 nitrogen and oxygen atoms in total. The first-order valence-corrected chi connectivity index (χ1v) is 8.75. The van der Waals surface area contributed by atoms with Crippen LogP contribution in [0.25, 0.3) is 21.6 Å². The van der Waals surface area contributed by atoms with Gasteiger partial charge in [-0.3, -0.25) is 9.48 Å². The largest absolute Gasteiger partial charge is 0.325 e. The van der Waals surface area contributed by atoms with Gasteiger partial charge in [0.1, 0.15) is 10.8 Å². The SMILES string of the molecule is Cn1ncc2c(NC(=O)Cc3csc(-c4cccc(F)c4)n3)ccnc21. The Labute approximate surface area is 152 Å². The van der Waals surface area contributed by atoms with E-state index in [-0.39, 0.29) is 18.1 Å². The summed E-state index contributed by atoms with van der Waals surface area (Å²) < 4.78 is 15.0. The summed E-state index contributed by atoms with van der Waals surface area (Å²) in [5.41, 5.74) is 2.70. The third-order valence-corrected chi connectivity index (χ3v) is 4.81. The lowest BCUT2D eigenvalue weighted by Gasteiger charge is -2.05. The Morgan fingerprint density at radius 3 is 3.08 bits per heavy atom. The Hall–Kier alpha value is -3.13. The Morgan fingerprint density at radius 1 is 1.35 bits per heavy atom. The monoisotopic (exact) mass is 367 g/mol. The van der Waals surface area contributed by atoms with E-state index >= 15 is 0 Å². The van der Waals surface area contributed by atoms with Crippen molar-refractivity contribution in [1.82, 2.24) is 19.7 Å². The molecule has 0 spiro atoms. The average Bonchev–Trinajstić information content (AvgIpc) is 3.23. The summed E-state index contributed by atoms with van der Waals surface area (Å²) in [6, 6.07) is 7.99. The third-order valence-electron chi connectivity index (χ3n) is 3.87. The molecule has 1 N–H and O–H groups in total. The fraction of sp³-hybridized carbons (Fsp3) is 0.111. The van der Waals surface area contributed by atoms with Gasteiger partial charge >= 0.3 is 0 Å². The lowest BCUT2D eigenvalue weighted by molar-refractivity contribution is -0.115. The minimum absolute atomic E-state index is 0.135. The van der Waals surface area contributed by atoms with Crippen LogP contribution >= 0.6 is 11.3 Å². The van der Waals surface area contributed by atoms with Crippen LogP contribution in [0, 0.1) is 5.82 Å². The number of aromatic nitrogens is 4. The summed E-state index contributed by atoms with van der Waals surface area (Å²) in [6.07, 6.45) is 3.43. The topological polar surface area (TPSA) is 72.7 Å². The number of aryl methyl sites for hydroxylation is 1. The highest BCUT2D eigenvalue weighted by Crippen LogP contribution is 2.25. The van der Waals surface area contributed by atoms with Gasteiger partial charge in [0.2, 0.25) is 5.91 Å². The molecular weight excluding hydrogens is 353 g/mol. The van der Waals surface area contributed by atoms with Crippen LogP contribution < -0.4 is 5.32 Å². The number of nitrogens with one attached hydrogen (secondary N) is 1. The summed E-state index contributed by atoms with van der Waals surface area (Å²) in [5, 5.41) is 10.3. The Morgan fingerprint density at radius 2 is 2.23 bits per heavy atom. The van der Waals surface area contributed by atoms with Crippen molar-refractivity contribution in [3.8, 4) is 10.6 Å². The molecule has 0 fully saturated rings. The molecule has 8 heteroatoms. The van der Waals surface area contributed by atoms with Crippen molar-refractivity contribution < 1.29 is 9.18 Å². The number of pyridine rings is 1. The lowest BCUT2D eigenvalue weighted by atomic mass is 10.2. The molecule has 0 aliphatic heterocycles. The Kier molecular flexibility index (Phi) is 4.18. The van der Waals surface area contributed by atoms with E-state index in [1.807, 2.05) is 5.38 Å². The van der Waals surface area contributed by atoms with E-state index < -0.39 is 0 Å². The number of carbonyl (C=O) groups excluding carboxylic acids is 1. The molecule has 0 unspecified atom stereocenters. The van der Waals surface area contributed by atoms with Gasteiger partial charge in [0.25, 0.3) is 0 Å². The first-order valence-electron chi connectivity index (χ1n) is 7.87. The molecule has 26 heavy (non-hydrogen) atoms. The maximum atomic E-state index is 13.3. The molecule has 0 aliphatic carbocycles. The summed E-state index contributed by atoms with van der Waals surface area (Å²) in [7, 11) is 1.80. The molecule has 3 heterocycles. The normalized spacial score (nSPS) is 11.0. The van der Waals surface area contributed by atoms with E-state index in [4.69, 9.17) is 0 Å². The molecule has 130 valence electrons. The fourth-order valence-electron chi connectivity index (χ4n) is 2.66. The number of nitrogens with zero attached hydrogens (tertiary/aromatic N) is 4. The summed E-state index contributed by atoms with van der Waals surface area (Å²) in [4.78, 5) is 21.1. The number of hydrogen-bond donors (Lipinski definition) is 1. The van der Waals surface area contributed by atoms with Crippen molar-refractivity contribution >= 4 is 34.0 Å². The Bertz CT molecular complexity index is 1100. The van der Waals surface area contributed by atoms with E-state index in [2.05, 4.69) is 20.4 Å². The fourth-order valence-corrected chi connectivity index (χ4v) is 3.47. The predicted octanol–water partition coefficient (Wildman–Crippen LogP) is 3.41. The van der Waals surface area contributed by atoms with Gasteiger partial charge in [0, 0.05) is 24.2 Å². The molecule has 1 amide bonds. The average molecular weight is 367 g/mol. The number of carbonyl (C=O) groups is 1. The van der Waals surface area contributed by atoms with Gasteiger partial charge in [0.05, 0.1) is 29.4 Å². The van der Waals surface area contributed by atoms with Crippen molar-refractivity contribution in [2.75, 3.05) is 5.32 Å². The highest BCUT2D eigenvalue weighted by Gasteiger charge is 2.12. The van der Waals surface area contributed by atoms with Gasteiger partial charge in [-0.2, -0.15) is 5.10 Å². The maximum absolute atomic E-state index is 13.3. The van der Waals surface area contributed by atoms with Gasteiger partial charge in [-0.25, -0.2) is 14.4 Å². The molecule has 0 bridgehead atoms. The first kappa shape index (κ1) is 16.3. The van der Waals surface area contributed by atoms with Gasteiger partial charge in [0.15, 0.2) is 5.65 Å². The summed E-state index contributed by atoms with van der Waals surface area (Å²) in [5.74, 6) is -0.493. The van der Waals surface area contributed by atoms with Crippen LogP contribution in [-0.4, -0.2) is 25.7 Å². The van der Waals surface area contributed by atoms with Gasteiger partial charge in [-0.05, 0) is 18.2 Å². The van der Waals surface area contributed by atoms with Crippen LogP contribution in [0.1, 0.15) is 5.69 Å². The number of anilines is 1. The number of rotatable bonds is 4. The maximum Gasteiger partial charge on any atom is 0.230 e. The molecule has 0 atom stereocenters. The van der Waals surface area contributed by atoms with Crippen LogP contribution in [0.3, 0.4) is 0 Å². The number of thiazole rings is 1. The highest BCUT2D eigenvalue weighted by molar-refractivity contribution is 7.13. The first-order chi connectivity index (χ1) is 12.6. The van der Waals surface area contributed by atoms with Crippen molar-refractivity contribution in [2.45, 2.75) is 6.42 Å². The van der Waals surface area contributed by atoms with Gasteiger partial charge in [-0.15, -0.1) is 11.3 Å². The highest BCUT2D eigenvalue weighted by atomic mass is 32.1. The minimum Gasteiger partial charge on any atom is -0.325 e. The molecule has 4 aromatic rings. The van der Waals surface area contributed by atoms with Crippen LogP contribution in [0.2, 0.25) is 0 Å². The van der Waals surface area contributed by atoms with Crippen LogP contribution in [0.15, 0.2) is 48.1 Å². The molecule has 0 radical (unpaired) electrons. The molecule has 4 rings (SSSR count). The zero-order chi connectivity index (χ0) is 18.1. The molecule has 1 aromatic carbocycles. The smallest absolute Gasteiger partial charge is 0.230 e. The second-order valence-electron chi connectivity index (χ2n) is 5.74. The molecule has 3 aromatic heterocycles. The number of hydrogen-bond acceptors (Lipinski definition) is 5. The lowest BCUT2D eigenvalue weighted by Crippen LogP contribution is -2.14. The quantitative estimate of drug-likeness (QED) is 0.600. The molecular formula is C18H14FN5OS. The molecule has 0 aliphatic rings. The van der Waals surface area contributed by atoms with Gasteiger partial charge in [-0.1, -0.05) is 12.1 Å². The zero-order valence-corrected chi connectivity index (χ0v) is 14.6. The predicted molar refractivity (Wildman–Crippen MR) is 98.4 cm³/mol. The Balaban J connectivity index is 1.50. The van der Waals surface area contributed by atoms with Gasteiger partial charge < -0.3 is 5.32 Å². The minimum atomic E-state index is -0.310. The molecule has 0 saturated carbocycles. The number of halogens is 1.